The predicted octanol–water partition coefficient (Wildman–Crippen LogP) is 4.79. The number of hydrogen-bond donors (Lipinski definition) is 1. The summed E-state index contributed by atoms with van der Waals surface area (Å²) < 4.78 is 7.37. The minimum atomic E-state index is -0.518. The Morgan fingerprint density at radius 3 is 2.55 bits per heavy atom. The molecule has 0 bridgehead atoms. The van der Waals surface area contributed by atoms with E-state index in [1.54, 1.807) is 67.7 Å². The van der Waals surface area contributed by atoms with Gasteiger partial charge in [-0.1, -0.05) is 24.3 Å². The molecule has 1 amide bonds. The Morgan fingerprint density at radius 1 is 1.03 bits per heavy atom. The number of fused-ring (bicyclic) bond motifs is 1. The van der Waals surface area contributed by atoms with Gasteiger partial charge in [-0.3, -0.25) is 4.79 Å². The second-order valence-electron chi connectivity index (χ2n) is 7.45. The zero-order valence-electron chi connectivity index (χ0n) is 17.5. The fourth-order valence-electron chi connectivity index (χ4n) is 3.24. The van der Waals surface area contributed by atoms with Crippen molar-refractivity contribution in [2.75, 3.05) is 5.32 Å². The van der Waals surface area contributed by atoms with Crippen molar-refractivity contribution in [3.05, 3.63) is 83.7 Å². The molecule has 0 aliphatic rings. The van der Waals surface area contributed by atoms with Gasteiger partial charge in [0.1, 0.15) is 5.75 Å². The van der Waals surface area contributed by atoms with Crippen LogP contribution in [-0.2, 0) is 0 Å². The van der Waals surface area contributed by atoms with E-state index in [1.165, 1.54) is 0 Å². The van der Waals surface area contributed by atoms with Crippen LogP contribution in [0.5, 0.6) is 5.75 Å². The first-order chi connectivity index (χ1) is 14.9. The molecule has 4 aromatic rings. The minimum absolute atomic E-state index is 0.163. The molecule has 0 saturated carbocycles. The molecular weight excluding hydrogens is 392 g/mol. The highest BCUT2D eigenvalue weighted by Gasteiger charge is 2.17. The Bertz CT molecular complexity index is 1260. The standard InChI is InChI=1S/C24H22N4O3/c1-15(2)28-22-18(14-25-28)12-21(16(3)26-22)24(30)31-20-11-7-10-19(13-20)27-23(29)17-8-5-4-6-9-17/h4-15H,1-3H3,(H,27,29). The van der Waals surface area contributed by atoms with Crippen molar-refractivity contribution in [2.24, 2.45) is 0 Å². The predicted molar refractivity (Wildman–Crippen MR) is 118 cm³/mol. The van der Waals surface area contributed by atoms with Crippen LogP contribution in [0, 0.1) is 6.92 Å². The largest absolute Gasteiger partial charge is 0.423 e. The molecule has 156 valence electrons. The molecule has 2 aromatic heterocycles. The van der Waals surface area contributed by atoms with Gasteiger partial charge in [0, 0.05) is 28.7 Å². The Hall–Kier alpha value is -4.00. The number of aryl methyl sites for hydroxylation is 1. The highest BCUT2D eigenvalue weighted by atomic mass is 16.5. The van der Waals surface area contributed by atoms with Gasteiger partial charge < -0.3 is 10.1 Å². The second kappa shape index (κ2) is 8.39. The Labute approximate surface area is 179 Å². The third-order valence-corrected chi connectivity index (χ3v) is 4.81. The molecule has 7 heteroatoms. The lowest BCUT2D eigenvalue weighted by atomic mass is 10.1. The van der Waals surface area contributed by atoms with Crippen LogP contribution in [0.4, 0.5) is 5.69 Å². The van der Waals surface area contributed by atoms with Gasteiger partial charge in [-0.25, -0.2) is 14.5 Å². The summed E-state index contributed by atoms with van der Waals surface area (Å²) >= 11 is 0. The molecule has 31 heavy (non-hydrogen) atoms. The first-order valence-corrected chi connectivity index (χ1v) is 9.96. The minimum Gasteiger partial charge on any atom is -0.423 e. The number of esters is 1. The second-order valence-corrected chi connectivity index (χ2v) is 7.45. The van der Waals surface area contributed by atoms with Crippen LogP contribution in [-0.4, -0.2) is 26.6 Å². The van der Waals surface area contributed by atoms with E-state index in [9.17, 15) is 9.59 Å². The van der Waals surface area contributed by atoms with Crippen molar-refractivity contribution in [3.63, 3.8) is 0 Å². The van der Waals surface area contributed by atoms with Gasteiger partial charge in [0.2, 0.25) is 0 Å². The number of pyridine rings is 1. The van der Waals surface area contributed by atoms with Gasteiger partial charge >= 0.3 is 5.97 Å². The van der Waals surface area contributed by atoms with Gasteiger partial charge in [-0.05, 0) is 51.1 Å². The van der Waals surface area contributed by atoms with Crippen molar-refractivity contribution in [3.8, 4) is 5.75 Å². The van der Waals surface area contributed by atoms with Crippen LogP contribution in [0.3, 0.4) is 0 Å². The average Bonchev–Trinajstić information content (AvgIpc) is 3.17. The van der Waals surface area contributed by atoms with Crippen LogP contribution < -0.4 is 10.1 Å². The number of benzene rings is 2. The van der Waals surface area contributed by atoms with Crippen LogP contribution >= 0.6 is 0 Å². The summed E-state index contributed by atoms with van der Waals surface area (Å²) in [5, 5.41) is 7.93. The third-order valence-electron chi connectivity index (χ3n) is 4.81. The van der Waals surface area contributed by atoms with Gasteiger partial charge in [-0.2, -0.15) is 5.10 Å². The van der Waals surface area contributed by atoms with Crippen molar-refractivity contribution >= 4 is 28.6 Å². The van der Waals surface area contributed by atoms with E-state index in [1.807, 2.05) is 24.6 Å². The smallest absolute Gasteiger partial charge is 0.345 e. The maximum Gasteiger partial charge on any atom is 0.345 e. The molecule has 2 heterocycles. The molecule has 0 unspecified atom stereocenters. The number of nitrogens with zero attached hydrogens (tertiary/aromatic N) is 3. The van der Waals surface area contributed by atoms with Crippen LogP contribution in [0.2, 0.25) is 0 Å². The van der Waals surface area contributed by atoms with Crippen molar-refractivity contribution in [2.45, 2.75) is 26.8 Å². The van der Waals surface area contributed by atoms with E-state index in [4.69, 9.17) is 4.74 Å². The Balaban J connectivity index is 1.53. The number of amides is 1. The van der Waals surface area contributed by atoms with Gasteiger partial charge in [0.15, 0.2) is 5.65 Å². The fourth-order valence-corrected chi connectivity index (χ4v) is 3.24. The van der Waals surface area contributed by atoms with Gasteiger partial charge in [0.25, 0.3) is 5.91 Å². The monoisotopic (exact) mass is 414 g/mol. The topological polar surface area (TPSA) is 86.1 Å². The van der Waals surface area contributed by atoms with Crippen LogP contribution in [0.25, 0.3) is 11.0 Å². The number of rotatable bonds is 5. The molecule has 7 nitrogen and oxygen atoms in total. The van der Waals surface area contributed by atoms with Crippen molar-refractivity contribution < 1.29 is 14.3 Å². The summed E-state index contributed by atoms with van der Waals surface area (Å²) in [5.74, 6) is -0.430. The fraction of sp³-hybridized carbons (Fsp3) is 0.167. The summed E-state index contributed by atoms with van der Waals surface area (Å²) in [5.41, 5.74) is 2.74. The first-order valence-electron chi connectivity index (χ1n) is 9.96. The zero-order valence-corrected chi connectivity index (χ0v) is 17.5. The molecule has 1 N–H and O–H groups in total. The summed E-state index contributed by atoms with van der Waals surface area (Å²) in [6.07, 6.45) is 1.69. The summed E-state index contributed by atoms with van der Waals surface area (Å²) in [7, 11) is 0. The summed E-state index contributed by atoms with van der Waals surface area (Å²) in [6, 6.07) is 17.5. The maximum atomic E-state index is 12.8. The molecule has 0 fully saturated rings. The Morgan fingerprint density at radius 2 is 1.81 bits per heavy atom. The highest BCUT2D eigenvalue weighted by Crippen LogP contribution is 2.23. The third kappa shape index (κ3) is 4.30. The average molecular weight is 414 g/mol. The van der Waals surface area contributed by atoms with Gasteiger partial charge in [-0.15, -0.1) is 0 Å². The highest BCUT2D eigenvalue weighted by molar-refractivity contribution is 6.04. The van der Waals surface area contributed by atoms with E-state index >= 15 is 0 Å². The van der Waals surface area contributed by atoms with E-state index < -0.39 is 5.97 Å². The number of ether oxygens (including phenoxy) is 1. The van der Waals surface area contributed by atoms with E-state index in [-0.39, 0.29) is 11.9 Å². The molecule has 2 aromatic carbocycles. The number of carbonyl (C=O) groups excluding carboxylic acids is 2. The summed E-state index contributed by atoms with van der Waals surface area (Å²) in [4.78, 5) is 29.7. The first kappa shape index (κ1) is 20.3. The lowest BCUT2D eigenvalue weighted by Crippen LogP contribution is -2.13. The molecule has 0 saturated heterocycles. The number of carbonyl (C=O) groups is 2. The molecular formula is C24H22N4O3. The molecule has 4 rings (SSSR count). The number of hydrogen-bond acceptors (Lipinski definition) is 5. The Kier molecular flexibility index (Phi) is 5.49. The molecule has 0 spiro atoms. The van der Waals surface area contributed by atoms with Crippen molar-refractivity contribution in [1.29, 1.82) is 0 Å². The molecule has 0 radical (unpaired) electrons. The number of aromatic nitrogens is 3. The quantitative estimate of drug-likeness (QED) is 0.375. The maximum absolute atomic E-state index is 12.8. The lowest BCUT2D eigenvalue weighted by Gasteiger charge is -2.10. The van der Waals surface area contributed by atoms with Crippen LogP contribution in [0.1, 0.15) is 46.3 Å². The number of anilines is 1. The zero-order chi connectivity index (χ0) is 22.0. The van der Waals surface area contributed by atoms with Crippen molar-refractivity contribution in [1.82, 2.24) is 14.8 Å². The summed E-state index contributed by atoms with van der Waals surface area (Å²) in [6.45, 7) is 5.81. The molecule has 0 aliphatic heterocycles. The normalized spacial score (nSPS) is 11.0. The SMILES string of the molecule is Cc1nc2c(cnn2C(C)C)cc1C(=O)Oc1cccc(NC(=O)c2ccccc2)c1. The van der Waals surface area contributed by atoms with Gasteiger partial charge in [0.05, 0.1) is 17.5 Å². The number of nitrogens with one attached hydrogen (secondary N) is 1. The molecule has 0 aliphatic carbocycles. The lowest BCUT2D eigenvalue weighted by molar-refractivity contribution is 0.0733. The van der Waals surface area contributed by atoms with E-state index in [0.717, 1.165) is 11.0 Å². The van der Waals surface area contributed by atoms with E-state index in [0.29, 0.717) is 28.3 Å². The molecule has 0 atom stereocenters. The van der Waals surface area contributed by atoms with E-state index in [2.05, 4.69) is 15.4 Å². The van der Waals surface area contributed by atoms with Crippen LogP contribution in [0.15, 0.2) is 66.9 Å².